The fourth-order valence-electron chi connectivity index (χ4n) is 1.00. The minimum absolute atomic E-state index is 0.285. The quantitative estimate of drug-likeness (QED) is 0.627. The molecule has 0 rings (SSSR count). The highest BCUT2D eigenvalue weighted by molar-refractivity contribution is 6.17. The largest absolute Gasteiger partial charge is 0.522 e. The van der Waals surface area contributed by atoms with Gasteiger partial charge in [-0.15, -0.1) is 24.8 Å². The fourth-order valence-corrected chi connectivity index (χ4v) is 1.12. The molecular weight excluding hydrogens is 219 g/mol. The van der Waals surface area contributed by atoms with Crippen molar-refractivity contribution in [3.05, 3.63) is 0 Å². The second kappa shape index (κ2) is 7.31. The lowest BCUT2D eigenvalue weighted by atomic mass is 10.4. The molecule has 14 heavy (non-hydrogen) atoms. The van der Waals surface area contributed by atoms with Crippen molar-refractivity contribution in [2.45, 2.75) is 19.7 Å². The lowest BCUT2D eigenvalue weighted by molar-refractivity contribution is -0.325. The average Bonchev–Trinajstić information content (AvgIpc) is 2.09. The summed E-state index contributed by atoms with van der Waals surface area (Å²) in [6.07, 6.45) is -3.74. The Morgan fingerprint density at radius 1 is 1.29 bits per heavy atom. The summed E-state index contributed by atoms with van der Waals surface area (Å²) in [5, 5.41) is 0. The molecule has 0 amide bonds. The van der Waals surface area contributed by atoms with Crippen molar-refractivity contribution < 1.29 is 17.9 Å². The molecule has 0 aromatic rings. The van der Waals surface area contributed by atoms with Crippen LogP contribution >= 0.6 is 11.6 Å². The summed E-state index contributed by atoms with van der Waals surface area (Å²) in [6.45, 7) is 3.27. The summed E-state index contributed by atoms with van der Waals surface area (Å²) in [4.78, 5) is 1.87. The molecule has 0 radical (unpaired) electrons. The molecule has 0 saturated carbocycles. The second-order valence-corrected chi connectivity index (χ2v) is 3.15. The predicted molar refractivity (Wildman–Crippen MR) is 49.5 cm³/mol. The van der Waals surface area contributed by atoms with Crippen molar-refractivity contribution in [3.63, 3.8) is 0 Å². The van der Waals surface area contributed by atoms with Crippen molar-refractivity contribution in [1.29, 1.82) is 0 Å². The molecule has 0 bridgehead atoms. The van der Waals surface area contributed by atoms with Crippen LogP contribution in [0.1, 0.15) is 13.3 Å². The summed E-state index contributed by atoms with van der Waals surface area (Å²) in [7, 11) is 0. The summed E-state index contributed by atoms with van der Waals surface area (Å²) < 4.78 is 38.5. The van der Waals surface area contributed by atoms with E-state index in [2.05, 4.69) is 4.74 Å². The summed E-state index contributed by atoms with van der Waals surface area (Å²) in [5.41, 5.74) is 0. The van der Waals surface area contributed by atoms with E-state index in [9.17, 15) is 13.2 Å². The van der Waals surface area contributed by atoms with Gasteiger partial charge in [0.25, 0.3) is 0 Å². The van der Waals surface area contributed by atoms with Crippen LogP contribution in [0.4, 0.5) is 13.2 Å². The highest BCUT2D eigenvalue weighted by atomic mass is 35.5. The van der Waals surface area contributed by atoms with Crippen LogP contribution in [-0.4, -0.2) is 43.4 Å². The van der Waals surface area contributed by atoms with E-state index in [4.69, 9.17) is 11.6 Å². The van der Waals surface area contributed by atoms with Gasteiger partial charge in [0.15, 0.2) is 0 Å². The Labute approximate surface area is 87.0 Å². The Balaban J connectivity index is 3.52. The number of likely N-dealkylation sites (N-methyl/N-ethyl adjacent to an activating group) is 1. The normalized spacial score (nSPS) is 12.4. The molecule has 0 aromatic carbocycles. The first kappa shape index (κ1) is 14.0. The van der Waals surface area contributed by atoms with Crippen LogP contribution in [0, 0.1) is 0 Å². The van der Waals surface area contributed by atoms with Crippen LogP contribution < -0.4 is 0 Å². The van der Waals surface area contributed by atoms with Crippen LogP contribution in [0.25, 0.3) is 0 Å². The standard InChI is InChI=1S/C8H15ClF3NO/c1-2-13(5-3-4-9)6-7-14-8(10,11)12/h2-7H2,1H3. The van der Waals surface area contributed by atoms with Gasteiger partial charge in [-0.1, -0.05) is 6.92 Å². The first-order chi connectivity index (χ1) is 6.49. The Hall–Kier alpha value is -0.0000000000000000555. The van der Waals surface area contributed by atoms with E-state index in [1.807, 2.05) is 11.8 Å². The zero-order chi connectivity index (χ0) is 11.0. The molecule has 0 spiro atoms. The highest BCUT2D eigenvalue weighted by Gasteiger charge is 2.28. The monoisotopic (exact) mass is 233 g/mol. The van der Waals surface area contributed by atoms with Gasteiger partial charge in [-0.25, -0.2) is 0 Å². The van der Waals surface area contributed by atoms with E-state index in [1.165, 1.54) is 0 Å². The molecular formula is C8H15ClF3NO. The molecule has 2 nitrogen and oxygen atoms in total. The smallest absolute Gasteiger partial charge is 0.301 e. The van der Waals surface area contributed by atoms with Gasteiger partial charge in [0.2, 0.25) is 0 Å². The SMILES string of the molecule is CCN(CCCCl)CCOC(F)(F)F. The maximum Gasteiger partial charge on any atom is 0.522 e. The van der Waals surface area contributed by atoms with Crippen LogP contribution in [-0.2, 0) is 4.74 Å². The van der Waals surface area contributed by atoms with Gasteiger partial charge in [-0.05, 0) is 19.5 Å². The van der Waals surface area contributed by atoms with Crippen molar-refractivity contribution in [1.82, 2.24) is 4.90 Å². The molecule has 0 aromatic heterocycles. The molecule has 0 unspecified atom stereocenters. The number of hydrogen-bond donors (Lipinski definition) is 0. The van der Waals surface area contributed by atoms with Crippen molar-refractivity contribution in [2.75, 3.05) is 32.1 Å². The third kappa shape index (κ3) is 8.59. The van der Waals surface area contributed by atoms with Crippen LogP contribution in [0.5, 0.6) is 0 Å². The Morgan fingerprint density at radius 2 is 1.93 bits per heavy atom. The molecule has 0 atom stereocenters. The van der Waals surface area contributed by atoms with E-state index in [1.54, 1.807) is 0 Å². The fraction of sp³-hybridized carbons (Fsp3) is 1.00. The minimum Gasteiger partial charge on any atom is -0.301 e. The summed E-state index contributed by atoms with van der Waals surface area (Å²) in [5.74, 6) is 0.524. The minimum atomic E-state index is -4.52. The predicted octanol–water partition coefficient (Wildman–Crippen LogP) is 2.47. The van der Waals surface area contributed by atoms with Crippen LogP contribution in [0.15, 0.2) is 0 Å². The Bertz CT molecular complexity index is 143. The van der Waals surface area contributed by atoms with Crippen LogP contribution in [0.3, 0.4) is 0 Å². The lowest BCUT2D eigenvalue weighted by Crippen LogP contribution is -2.30. The molecule has 6 heteroatoms. The van der Waals surface area contributed by atoms with Crippen molar-refractivity contribution in [2.24, 2.45) is 0 Å². The number of nitrogens with zero attached hydrogens (tertiary/aromatic N) is 1. The molecule has 0 N–H and O–H groups in total. The Kier molecular flexibility index (Phi) is 7.31. The number of hydrogen-bond acceptors (Lipinski definition) is 2. The van der Waals surface area contributed by atoms with Gasteiger partial charge < -0.3 is 4.90 Å². The van der Waals surface area contributed by atoms with Gasteiger partial charge in [-0.2, -0.15) is 0 Å². The molecule has 0 aliphatic heterocycles. The molecule has 0 saturated heterocycles. The van der Waals surface area contributed by atoms with Gasteiger partial charge in [-0.3, -0.25) is 4.74 Å². The first-order valence-corrected chi connectivity index (χ1v) is 5.02. The number of rotatable bonds is 7. The maximum atomic E-state index is 11.6. The molecule has 0 fully saturated rings. The van der Waals surface area contributed by atoms with Crippen molar-refractivity contribution in [3.8, 4) is 0 Å². The summed E-state index contributed by atoms with van der Waals surface area (Å²) >= 11 is 5.47. The zero-order valence-electron chi connectivity index (χ0n) is 8.11. The third-order valence-corrected chi connectivity index (χ3v) is 2.00. The molecule has 86 valence electrons. The average molecular weight is 234 g/mol. The van der Waals surface area contributed by atoms with Crippen molar-refractivity contribution >= 4 is 11.6 Å². The van der Waals surface area contributed by atoms with Gasteiger partial charge in [0.1, 0.15) is 0 Å². The first-order valence-electron chi connectivity index (χ1n) is 4.48. The Morgan fingerprint density at radius 3 is 2.36 bits per heavy atom. The van der Waals surface area contributed by atoms with E-state index in [-0.39, 0.29) is 13.2 Å². The van der Waals surface area contributed by atoms with Gasteiger partial charge in [0, 0.05) is 12.4 Å². The highest BCUT2D eigenvalue weighted by Crippen LogP contribution is 2.15. The molecule has 0 aliphatic rings. The zero-order valence-corrected chi connectivity index (χ0v) is 8.87. The maximum absolute atomic E-state index is 11.6. The van der Waals surface area contributed by atoms with Crippen LogP contribution in [0.2, 0.25) is 0 Å². The second-order valence-electron chi connectivity index (χ2n) is 2.77. The van der Waals surface area contributed by atoms with E-state index in [0.29, 0.717) is 19.0 Å². The topological polar surface area (TPSA) is 12.5 Å². The van der Waals surface area contributed by atoms with E-state index in [0.717, 1.165) is 6.42 Å². The molecule has 0 aliphatic carbocycles. The van der Waals surface area contributed by atoms with E-state index >= 15 is 0 Å². The number of alkyl halides is 4. The van der Waals surface area contributed by atoms with Gasteiger partial charge >= 0.3 is 6.36 Å². The number of ether oxygens (including phenoxy) is 1. The third-order valence-electron chi connectivity index (χ3n) is 1.73. The lowest BCUT2D eigenvalue weighted by Gasteiger charge is -2.19. The molecule has 0 heterocycles. The summed E-state index contributed by atoms with van der Waals surface area (Å²) in [6, 6.07) is 0. The van der Waals surface area contributed by atoms with Gasteiger partial charge in [0.05, 0.1) is 6.61 Å². The van der Waals surface area contributed by atoms with E-state index < -0.39 is 6.36 Å². The number of halogens is 4.